The largest absolute Gasteiger partial charge is 0.497 e. The lowest BCUT2D eigenvalue weighted by molar-refractivity contribution is -0.125. The van der Waals surface area contributed by atoms with Crippen LogP contribution in [-0.4, -0.2) is 29.9 Å². The third-order valence-corrected chi connectivity index (χ3v) is 4.34. The van der Waals surface area contributed by atoms with E-state index in [-0.39, 0.29) is 5.91 Å². The van der Waals surface area contributed by atoms with E-state index in [9.17, 15) is 4.79 Å². The van der Waals surface area contributed by atoms with Gasteiger partial charge in [0.05, 0.1) is 12.8 Å². The number of nitrogens with zero attached hydrogens (tertiary/aromatic N) is 2. The summed E-state index contributed by atoms with van der Waals surface area (Å²) in [5.74, 6) is 1.47. The van der Waals surface area contributed by atoms with Gasteiger partial charge in [-0.3, -0.25) is 9.78 Å². The molecule has 148 valence electrons. The topological polar surface area (TPSA) is 51.7 Å². The van der Waals surface area contributed by atoms with Crippen LogP contribution in [0.4, 0.5) is 0 Å². The van der Waals surface area contributed by atoms with Crippen LogP contribution < -0.4 is 9.47 Å². The van der Waals surface area contributed by atoms with Crippen LogP contribution >= 0.6 is 0 Å². The van der Waals surface area contributed by atoms with Crippen molar-refractivity contribution in [3.8, 4) is 11.5 Å². The van der Waals surface area contributed by atoms with E-state index < -0.39 is 0 Å². The molecule has 1 amide bonds. The van der Waals surface area contributed by atoms with E-state index >= 15 is 0 Å². The predicted octanol–water partition coefficient (Wildman–Crippen LogP) is 4.34. The molecule has 0 N–H and O–H groups in total. The first-order valence-electron chi connectivity index (χ1n) is 9.33. The highest BCUT2D eigenvalue weighted by Crippen LogP contribution is 2.16. The Bertz CT molecular complexity index is 953. The molecule has 0 aliphatic heterocycles. The van der Waals surface area contributed by atoms with Crippen molar-refractivity contribution >= 4 is 12.0 Å². The molecule has 0 radical (unpaired) electrons. The zero-order valence-electron chi connectivity index (χ0n) is 16.6. The van der Waals surface area contributed by atoms with Crippen LogP contribution in [0.3, 0.4) is 0 Å². The molecular formula is C24H24N2O3. The van der Waals surface area contributed by atoms with Gasteiger partial charge in [0.15, 0.2) is 0 Å². The van der Waals surface area contributed by atoms with Crippen LogP contribution in [0, 0.1) is 0 Å². The second-order valence-corrected chi connectivity index (χ2v) is 6.56. The molecule has 0 saturated heterocycles. The first-order valence-corrected chi connectivity index (χ1v) is 9.33. The molecule has 2 aromatic carbocycles. The summed E-state index contributed by atoms with van der Waals surface area (Å²) in [5.41, 5.74) is 2.82. The Kier molecular flexibility index (Phi) is 7.00. The molecule has 5 heteroatoms. The zero-order chi connectivity index (χ0) is 20.5. The number of benzene rings is 2. The maximum Gasteiger partial charge on any atom is 0.246 e. The molecule has 0 aliphatic carbocycles. The second-order valence-electron chi connectivity index (χ2n) is 6.56. The van der Waals surface area contributed by atoms with Crippen molar-refractivity contribution in [1.82, 2.24) is 9.88 Å². The quantitative estimate of drug-likeness (QED) is 0.539. The number of aromatic nitrogens is 1. The summed E-state index contributed by atoms with van der Waals surface area (Å²) >= 11 is 0. The number of hydrogen-bond acceptors (Lipinski definition) is 4. The van der Waals surface area contributed by atoms with E-state index in [2.05, 4.69) is 4.98 Å². The van der Waals surface area contributed by atoms with E-state index in [1.165, 1.54) is 0 Å². The standard InChI is InChI=1S/C24H24N2O3/c1-26(17-20-6-5-8-23(16-20)28-2)24(27)14-11-19-9-12-22(13-10-19)29-18-21-7-3-4-15-25-21/h3-16H,17-18H2,1-2H3/b14-11+. The Morgan fingerprint density at radius 2 is 1.86 bits per heavy atom. The molecule has 5 nitrogen and oxygen atoms in total. The van der Waals surface area contributed by atoms with E-state index in [0.717, 1.165) is 28.3 Å². The Labute approximate surface area is 171 Å². The van der Waals surface area contributed by atoms with E-state index in [0.29, 0.717) is 13.2 Å². The van der Waals surface area contributed by atoms with E-state index in [4.69, 9.17) is 9.47 Å². The lowest BCUT2D eigenvalue weighted by Crippen LogP contribution is -2.24. The van der Waals surface area contributed by atoms with E-state index in [1.54, 1.807) is 37.4 Å². The zero-order valence-corrected chi connectivity index (χ0v) is 16.6. The third kappa shape index (κ3) is 6.21. The third-order valence-electron chi connectivity index (χ3n) is 4.34. The van der Waals surface area contributed by atoms with Crippen molar-refractivity contribution in [3.05, 3.63) is 95.8 Å². The van der Waals surface area contributed by atoms with Gasteiger partial charge in [0, 0.05) is 25.9 Å². The molecule has 0 aliphatic rings. The van der Waals surface area contributed by atoms with Crippen LogP contribution in [-0.2, 0) is 17.9 Å². The van der Waals surface area contributed by atoms with Crippen LogP contribution in [0.15, 0.2) is 79.0 Å². The molecule has 1 aromatic heterocycles. The van der Waals surface area contributed by atoms with Gasteiger partial charge in [-0.25, -0.2) is 0 Å². The second kappa shape index (κ2) is 10.1. The lowest BCUT2D eigenvalue weighted by Gasteiger charge is -2.15. The van der Waals surface area contributed by atoms with E-state index in [1.807, 2.05) is 66.7 Å². The van der Waals surface area contributed by atoms with Crippen molar-refractivity contribution in [2.45, 2.75) is 13.2 Å². The van der Waals surface area contributed by atoms with Crippen molar-refractivity contribution in [1.29, 1.82) is 0 Å². The minimum Gasteiger partial charge on any atom is -0.497 e. The smallest absolute Gasteiger partial charge is 0.246 e. The summed E-state index contributed by atoms with van der Waals surface area (Å²) in [6.45, 7) is 0.935. The fraction of sp³-hybridized carbons (Fsp3) is 0.167. The maximum absolute atomic E-state index is 12.4. The minimum absolute atomic E-state index is 0.0664. The monoisotopic (exact) mass is 388 g/mol. The fourth-order valence-electron chi connectivity index (χ4n) is 2.73. The minimum atomic E-state index is -0.0664. The number of methoxy groups -OCH3 is 1. The highest BCUT2D eigenvalue weighted by atomic mass is 16.5. The van der Waals surface area contributed by atoms with Crippen LogP contribution in [0.25, 0.3) is 6.08 Å². The summed E-state index contributed by atoms with van der Waals surface area (Å²) in [6.07, 6.45) is 5.12. The molecule has 0 atom stereocenters. The van der Waals surface area contributed by atoms with Gasteiger partial charge in [-0.15, -0.1) is 0 Å². The molecule has 0 unspecified atom stereocenters. The summed E-state index contributed by atoms with van der Waals surface area (Å²) in [5, 5.41) is 0. The number of amides is 1. The Balaban J connectivity index is 1.52. The van der Waals surface area contributed by atoms with Crippen LogP contribution in [0.1, 0.15) is 16.8 Å². The summed E-state index contributed by atoms with van der Waals surface area (Å²) in [4.78, 5) is 18.3. The molecule has 3 rings (SSSR count). The van der Waals surface area contributed by atoms with Gasteiger partial charge < -0.3 is 14.4 Å². The average Bonchev–Trinajstić information content (AvgIpc) is 2.77. The number of carbonyl (C=O) groups is 1. The summed E-state index contributed by atoms with van der Waals surface area (Å²) in [7, 11) is 3.41. The summed E-state index contributed by atoms with van der Waals surface area (Å²) < 4.78 is 10.9. The number of pyridine rings is 1. The Hall–Kier alpha value is -3.60. The van der Waals surface area contributed by atoms with Gasteiger partial charge in [0.25, 0.3) is 0 Å². The first-order chi connectivity index (χ1) is 14.1. The van der Waals surface area contributed by atoms with Gasteiger partial charge in [0.1, 0.15) is 18.1 Å². The van der Waals surface area contributed by atoms with Gasteiger partial charge in [0.2, 0.25) is 5.91 Å². The van der Waals surface area contributed by atoms with Crippen molar-refractivity contribution in [2.75, 3.05) is 14.2 Å². The molecule has 0 fully saturated rings. The fourth-order valence-corrected chi connectivity index (χ4v) is 2.73. The van der Waals surface area contributed by atoms with Crippen molar-refractivity contribution < 1.29 is 14.3 Å². The van der Waals surface area contributed by atoms with Crippen LogP contribution in [0.5, 0.6) is 11.5 Å². The molecule has 1 heterocycles. The van der Waals surface area contributed by atoms with Gasteiger partial charge in [-0.05, 0) is 53.6 Å². The number of likely N-dealkylation sites (N-methyl/N-ethyl adjacent to an activating group) is 1. The lowest BCUT2D eigenvalue weighted by atomic mass is 10.2. The molecule has 3 aromatic rings. The molecule has 0 bridgehead atoms. The molecule has 0 spiro atoms. The average molecular weight is 388 g/mol. The van der Waals surface area contributed by atoms with Crippen molar-refractivity contribution in [3.63, 3.8) is 0 Å². The number of carbonyl (C=O) groups excluding carboxylic acids is 1. The highest BCUT2D eigenvalue weighted by molar-refractivity contribution is 5.91. The Morgan fingerprint density at radius 1 is 1.03 bits per heavy atom. The number of hydrogen-bond donors (Lipinski definition) is 0. The van der Waals surface area contributed by atoms with Gasteiger partial charge in [-0.2, -0.15) is 0 Å². The summed E-state index contributed by atoms with van der Waals surface area (Å²) in [6, 6.07) is 21.0. The first kappa shape index (κ1) is 20.1. The number of rotatable bonds is 8. The molecule has 0 saturated carbocycles. The molecular weight excluding hydrogens is 364 g/mol. The van der Waals surface area contributed by atoms with Gasteiger partial charge >= 0.3 is 0 Å². The predicted molar refractivity (Wildman–Crippen MR) is 114 cm³/mol. The maximum atomic E-state index is 12.4. The SMILES string of the molecule is COc1cccc(CN(C)C(=O)/C=C/c2ccc(OCc3ccccn3)cc2)c1. The normalized spacial score (nSPS) is 10.7. The Morgan fingerprint density at radius 3 is 2.59 bits per heavy atom. The van der Waals surface area contributed by atoms with Crippen molar-refractivity contribution in [2.24, 2.45) is 0 Å². The highest BCUT2D eigenvalue weighted by Gasteiger charge is 2.06. The van der Waals surface area contributed by atoms with Crippen LogP contribution in [0.2, 0.25) is 0 Å². The molecule has 29 heavy (non-hydrogen) atoms. The number of ether oxygens (including phenoxy) is 2. The van der Waals surface area contributed by atoms with Gasteiger partial charge in [-0.1, -0.05) is 30.3 Å².